The Balaban J connectivity index is 1.70. The number of fused-ring (bicyclic) bond motifs is 5. The van der Waals surface area contributed by atoms with Crippen molar-refractivity contribution < 1.29 is 37.3 Å². The molecule has 1 aromatic carbocycles. The first kappa shape index (κ1) is 23.0. The van der Waals surface area contributed by atoms with Crippen molar-refractivity contribution >= 4 is 22.8 Å². The van der Waals surface area contributed by atoms with Crippen molar-refractivity contribution in [3.63, 3.8) is 0 Å². The van der Waals surface area contributed by atoms with Crippen LogP contribution in [0.15, 0.2) is 41.2 Å². The topological polar surface area (TPSA) is 108 Å². The molecule has 2 aliphatic heterocycles. The van der Waals surface area contributed by atoms with E-state index < -0.39 is 48.3 Å². The van der Waals surface area contributed by atoms with Gasteiger partial charge < -0.3 is 14.6 Å². The van der Waals surface area contributed by atoms with E-state index in [1.807, 2.05) is 0 Å². The first-order valence-corrected chi connectivity index (χ1v) is 10.8. The van der Waals surface area contributed by atoms with E-state index >= 15 is 0 Å². The van der Waals surface area contributed by atoms with Crippen molar-refractivity contribution in [3.8, 4) is 11.4 Å². The van der Waals surface area contributed by atoms with Crippen LogP contribution in [0.1, 0.15) is 42.5 Å². The Kier molecular flexibility index (Phi) is 5.20. The van der Waals surface area contributed by atoms with Gasteiger partial charge in [0, 0.05) is 16.5 Å². The summed E-state index contributed by atoms with van der Waals surface area (Å²) < 4.78 is 48.4. The van der Waals surface area contributed by atoms with Gasteiger partial charge in [-0.3, -0.25) is 14.2 Å². The number of rotatable bonds is 4. The Labute approximate surface area is 195 Å². The van der Waals surface area contributed by atoms with E-state index in [1.54, 1.807) is 37.3 Å². The zero-order chi connectivity index (χ0) is 25.1. The number of pyridine rings is 2. The number of nitrogens with zero attached hydrogens (tertiary/aromatic N) is 2. The molecular weight excluding hydrogens is 469 g/mol. The minimum absolute atomic E-state index is 0.0312. The number of aromatic nitrogens is 2. The van der Waals surface area contributed by atoms with Crippen LogP contribution in [-0.2, 0) is 31.3 Å². The Morgan fingerprint density at radius 2 is 2.03 bits per heavy atom. The smallest absolute Gasteiger partial charge is 0.422 e. The van der Waals surface area contributed by atoms with E-state index in [4.69, 9.17) is 4.74 Å². The first-order valence-electron chi connectivity index (χ1n) is 10.8. The third kappa shape index (κ3) is 3.66. The molecule has 2 aliphatic rings. The maximum absolute atomic E-state index is 13.6. The lowest BCUT2D eigenvalue weighted by Gasteiger charge is -2.32. The van der Waals surface area contributed by atoms with E-state index in [2.05, 4.69) is 9.72 Å². The average molecular weight is 488 g/mol. The van der Waals surface area contributed by atoms with Crippen LogP contribution in [0.3, 0.4) is 0 Å². The highest BCUT2D eigenvalue weighted by molar-refractivity contribution is 5.87. The van der Waals surface area contributed by atoms with E-state index in [0.717, 1.165) is 0 Å². The number of hydrogen-bond donors (Lipinski definition) is 1. The van der Waals surface area contributed by atoms with Gasteiger partial charge in [-0.05, 0) is 24.6 Å². The van der Waals surface area contributed by atoms with Gasteiger partial charge >= 0.3 is 18.1 Å². The fourth-order valence-corrected chi connectivity index (χ4v) is 4.68. The van der Waals surface area contributed by atoms with Gasteiger partial charge in [0.15, 0.2) is 12.2 Å². The second-order valence-electron chi connectivity index (χ2n) is 8.50. The number of benzene rings is 1. The molecule has 4 heterocycles. The van der Waals surface area contributed by atoms with Crippen molar-refractivity contribution in [1.82, 2.24) is 9.55 Å². The molecule has 1 N–H and O–H groups in total. The molecule has 2 aromatic heterocycles. The largest absolute Gasteiger partial charge is 0.458 e. The number of alkyl halides is 3. The number of ether oxygens (including phenoxy) is 2. The maximum atomic E-state index is 13.6. The van der Waals surface area contributed by atoms with E-state index in [9.17, 15) is 32.7 Å². The van der Waals surface area contributed by atoms with Crippen LogP contribution in [-0.4, -0.2) is 39.4 Å². The molecule has 0 bridgehead atoms. The molecule has 0 spiro atoms. The maximum Gasteiger partial charge on any atom is 0.422 e. The number of cyclic esters (lactones) is 1. The van der Waals surface area contributed by atoms with Crippen LogP contribution in [0.5, 0.6) is 0 Å². The number of para-hydroxylation sites is 1. The summed E-state index contributed by atoms with van der Waals surface area (Å²) in [4.78, 5) is 42.9. The van der Waals surface area contributed by atoms with Crippen LogP contribution in [0, 0.1) is 0 Å². The molecule has 3 aromatic rings. The quantitative estimate of drug-likeness (QED) is 0.563. The highest BCUT2D eigenvalue weighted by atomic mass is 19.4. The van der Waals surface area contributed by atoms with Crippen LogP contribution in [0.2, 0.25) is 0 Å². The molecule has 8 nitrogen and oxygen atoms in total. The monoisotopic (exact) mass is 488 g/mol. The molecule has 11 heteroatoms. The molecule has 35 heavy (non-hydrogen) atoms. The third-order valence-electron chi connectivity index (χ3n) is 6.41. The van der Waals surface area contributed by atoms with Gasteiger partial charge in [-0.15, -0.1) is 0 Å². The minimum Gasteiger partial charge on any atom is -0.458 e. The molecule has 0 amide bonds. The normalized spacial score (nSPS) is 20.7. The standard InChI is InChI=1S/C24H19F3N2O6/c1-2-23(33)15-8-18-20-13(7-12-5-3-4-6-16(12)28-20)17(9-19(30)35-11-24(25,26)27)29(18)21(31)14(15)10-34-22(23)32/h3-8,17,33H,2,9-11H2,1H3/t17?,23-/m0/s1. The minimum atomic E-state index is -4.69. The first-order chi connectivity index (χ1) is 16.5. The number of esters is 2. The summed E-state index contributed by atoms with van der Waals surface area (Å²) in [5, 5.41) is 11.7. The van der Waals surface area contributed by atoms with Crippen LogP contribution < -0.4 is 5.56 Å². The van der Waals surface area contributed by atoms with Crippen molar-refractivity contribution in [2.75, 3.05) is 6.61 Å². The molecule has 2 atom stereocenters. The van der Waals surface area contributed by atoms with E-state index in [-0.39, 0.29) is 29.8 Å². The third-order valence-corrected chi connectivity index (χ3v) is 6.41. The lowest BCUT2D eigenvalue weighted by molar-refractivity contribution is -0.186. The summed E-state index contributed by atoms with van der Waals surface area (Å²) in [6.07, 6.45) is -5.29. The molecule has 0 aliphatic carbocycles. The van der Waals surface area contributed by atoms with Crippen LogP contribution in [0.25, 0.3) is 22.3 Å². The Morgan fingerprint density at radius 3 is 2.74 bits per heavy atom. The van der Waals surface area contributed by atoms with Gasteiger partial charge in [-0.1, -0.05) is 25.1 Å². The molecule has 5 rings (SSSR count). The Morgan fingerprint density at radius 1 is 1.29 bits per heavy atom. The lowest BCUT2D eigenvalue weighted by Crippen LogP contribution is -2.44. The second kappa shape index (κ2) is 7.91. The fourth-order valence-electron chi connectivity index (χ4n) is 4.68. The molecule has 0 saturated heterocycles. The molecule has 1 unspecified atom stereocenters. The van der Waals surface area contributed by atoms with Crippen LogP contribution >= 0.6 is 0 Å². The number of aliphatic hydroxyl groups is 1. The van der Waals surface area contributed by atoms with Gasteiger partial charge in [-0.25, -0.2) is 9.78 Å². The summed E-state index contributed by atoms with van der Waals surface area (Å²) in [6, 6.07) is 9.28. The Bertz CT molecular complexity index is 1450. The van der Waals surface area contributed by atoms with E-state index in [0.29, 0.717) is 22.2 Å². The molecule has 0 fully saturated rings. The summed E-state index contributed by atoms with van der Waals surface area (Å²) >= 11 is 0. The summed E-state index contributed by atoms with van der Waals surface area (Å²) in [6.45, 7) is -0.556. The summed E-state index contributed by atoms with van der Waals surface area (Å²) in [5.41, 5.74) is -0.944. The Hall–Kier alpha value is -3.73. The van der Waals surface area contributed by atoms with Crippen molar-refractivity contribution in [2.24, 2.45) is 0 Å². The summed E-state index contributed by atoms with van der Waals surface area (Å²) in [5.74, 6) is -2.02. The number of carbonyl (C=O) groups excluding carboxylic acids is 2. The van der Waals surface area contributed by atoms with Gasteiger partial charge in [0.1, 0.15) is 6.61 Å². The summed E-state index contributed by atoms with van der Waals surface area (Å²) in [7, 11) is 0. The number of halogens is 3. The lowest BCUT2D eigenvalue weighted by atomic mass is 9.86. The van der Waals surface area contributed by atoms with Crippen molar-refractivity contribution in [1.29, 1.82) is 0 Å². The van der Waals surface area contributed by atoms with Crippen molar-refractivity contribution in [3.05, 3.63) is 63.4 Å². The fraction of sp³-hybridized carbons (Fsp3) is 0.333. The van der Waals surface area contributed by atoms with Crippen molar-refractivity contribution in [2.45, 2.75) is 44.2 Å². The molecule has 182 valence electrons. The van der Waals surface area contributed by atoms with Crippen LogP contribution in [0.4, 0.5) is 13.2 Å². The zero-order valence-electron chi connectivity index (χ0n) is 18.4. The van der Waals surface area contributed by atoms with Gasteiger partial charge in [0.05, 0.1) is 34.9 Å². The average Bonchev–Trinajstić information content (AvgIpc) is 3.11. The highest BCUT2D eigenvalue weighted by Gasteiger charge is 2.46. The SMILES string of the molecule is CC[C@@]1(O)C(=O)OCc2c1cc1n(c2=O)C(CC(=O)OCC(F)(F)F)c2cc3ccccc3nc2-1. The number of carbonyl (C=O) groups is 2. The predicted molar refractivity (Wildman–Crippen MR) is 115 cm³/mol. The number of hydrogen-bond acceptors (Lipinski definition) is 7. The predicted octanol–water partition coefficient (Wildman–Crippen LogP) is 3.12. The zero-order valence-corrected chi connectivity index (χ0v) is 18.4. The van der Waals surface area contributed by atoms with Gasteiger partial charge in [-0.2, -0.15) is 13.2 Å². The molecular formula is C24H19F3N2O6. The highest BCUT2D eigenvalue weighted by Crippen LogP contribution is 2.43. The molecule has 0 saturated carbocycles. The van der Waals surface area contributed by atoms with E-state index in [1.165, 1.54) is 10.6 Å². The second-order valence-corrected chi connectivity index (χ2v) is 8.50. The molecule has 0 radical (unpaired) electrons. The van der Waals surface area contributed by atoms with Gasteiger partial charge in [0.2, 0.25) is 0 Å². The van der Waals surface area contributed by atoms with Gasteiger partial charge in [0.25, 0.3) is 5.56 Å².